The summed E-state index contributed by atoms with van der Waals surface area (Å²) in [4.78, 5) is 4.32. The van der Waals surface area contributed by atoms with Crippen molar-refractivity contribution < 1.29 is 10.2 Å². The number of rotatable bonds is 6. The fourth-order valence-electron chi connectivity index (χ4n) is 1.43. The predicted molar refractivity (Wildman–Crippen MR) is 69.4 cm³/mol. The largest absolute Gasteiger partial charge is 0.394 e. The standard InChI is InChI=1S/C12H15N3O2S/c16-7-10(17)8-18-12-13-11(14-15-12)6-9-4-2-1-3-5-9/h1-5,10,16-17H,6-8H2,(H,13,14,15). The van der Waals surface area contributed by atoms with Gasteiger partial charge in [0, 0.05) is 12.2 Å². The van der Waals surface area contributed by atoms with Crippen LogP contribution in [0.15, 0.2) is 35.5 Å². The SMILES string of the molecule is OCC(O)CSc1n[nH]c(Cc2ccccc2)n1. The third-order valence-corrected chi connectivity index (χ3v) is 3.33. The average Bonchev–Trinajstić information content (AvgIpc) is 2.85. The number of aromatic nitrogens is 3. The highest BCUT2D eigenvalue weighted by Crippen LogP contribution is 2.14. The first-order valence-electron chi connectivity index (χ1n) is 5.65. The van der Waals surface area contributed by atoms with Crippen molar-refractivity contribution in [1.82, 2.24) is 15.2 Å². The van der Waals surface area contributed by atoms with E-state index in [0.29, 0.717) is 17.3 Å². The van der Waals surface area contributed by atoms with Crippen LogP contribution in [0.1, 0.15) is 11.4 Å². The fraction of sp³-hybridized carbons (Fsp3) is 0.333. The number of aliphatic hydroxyl groups is 2. The minimum Gasteiger partial charge on any atom is -0.394 e. The van der Waals surface area contributed by atoms with Crippen LogP contribution in [0.2, 0.25) is 0 Å². The lowest BCUT2D eigenvalue weighted by Crippen LogP contribution is -2.14. The molecule has 1 aromatic heterocycles. The second-order valence-corrected chi connectivity index (χ2v) is 4.86. The summed E-state index contributed by atoms with van der Waals surface area (Å²) < 4.78 is 0. The number of hydrogen-bond donors (Lipinski definition) is 3. The van der Waals surface area contributed by atoms with Gasteiger partial charge < -0.3 is 10.2 Å². The smallest absolute Gasteiger partial charge is 0.208 e. The molecule has 0 aliphatic heterocycles. The van der Waals surface area contributed by atoms with Crippen molar-refractivity contribution in [3.8, 4) is 0 Å². The maximum Gasteiger partial charge on any atom is 0.208 e. The van der Waals surface area contributed by atoms with Gasteiger partial charge in [0.25, 0.3) is 0 Å². The molecule has 18 heavy (non-hydrogen) atoms. The predicted octanol–water partition coefficient (Wildman–Crippen LogP) is 0.841. The zero-order valence-electron chi connectivity index (χ0n) is 9.78. The van der Waals surface area contributed by atoms with E-state index < -0.39 is 6.10 Å². The van der Waals surface area contributed by atoms with Crippen molar-refractivity contribution in [2.45, 2.75) is 17.7 Å². The lowest BCUT2D eigenvalue weighted by molar-refractivity contribution is 0.113. The summed E-state index contributed by atoms with van der Waals surface area (Å²) in [5.41, 5.74) is 1.17. The van der Waals surface area contributed by atoms with Crippen molar-refractivity contribution in [3.63, 3.8) is 0 Å². The number of aliphatic hydroxyl groups excluding tert-OH is 2. The Kier molecular flexibility index (Phi) is 4.74. The normalized spacial score (nSPS) is 12.6. The molecule has 0 fully saturated rings. The van der Waals surface area contributed by atoms with Crippen LogP contribution >= 0.6 is 11.8 Å². The quantitative estimate of drug-likeness (QED) is 0.674. The number of H-pyrrole nitrogens is 1. The molecule has 1 aromatic carbocycles. The molecule has 1 heterocycles. The molecule has 1 unspecified atom stereocenters. The molecule has 5 nitrogen and oxygen atoms in total. The summed E-state index contributed by atoms with van der Waals surface area (Å²) in [6.07, 6.45) is -0.0252. The molecule has 0 aliphatic rings. The van der Waals surface area contributed by atoms with E-state index in [9.17, 15) is 5.11 Å². The van der Waals surface area contributed by atoms with Crippen LogP contribution in [0.5, 0.6) is 0 Å². The molecule has 2 aromatic rings. The Morgan fingerprint density at radius 1 is 1.28 bits per heavy atom. The van der Waals surface area contributed by atoms with E-state index in [2.05, 4.69) is 15.2 Å². The average molecular weight is 265 g/mol. The van der Waals surface area contributed by atoms with Gasteiger partial charge in [-0.15, -0.1) is 5.10 Å². The number of aromatic amines is 1. The van der Waals surface area contributed by atoms with Crippen molar-refractivity contribution >= 4 is 11.8 Å². The first-order chi connectivity index (χ1) is 8.78. The molecule has 0 radical (unpaired) electrons. The fourth-order valence-corrected chi connectivity index (χ4v) is 2.17. The summed E-state index contributed by atoms with van der Waals surface area (Å²) in [6, 6.07) is 10.0. The number of nitrogens with one attached hydrogen (secondary N) is 1. The third kappa shape index (κ3) is 3.83. The van der Waals surface area contributed by atoms with E-state index in [1.54, 1.807) is 0 Å². The topological polar surface area (TPSA) is 82.0 Å². The van der Waals surface area contributed by atoms with Crippen molar-refractivity contribution in [3.05, 3.63) is 41.7 Å². The van der Waals surface area contributed by atoms with Crippen molar-refractivity contribution in [1.29, 1.82) is 0 Å². The molecule has 0 amide bonds. The molecule has 6 heteroatoms. The van der Waals surface area contributed by atoms with E-state index in [1.165, 1.54) is 17.3 Å². The number of benzene rings is 1. The van der Waals surface area contributed by atoms with E-state index in [0.717, 1.165) is 5.82 Å². The highest BCUT2D eigenvalue weighted by Gasteiger charge is 2.08. The zero-order chi connectivity index (χ0) is 12.8. The summed E-state index contributed by atoms with van der Waals surface area (Å²) in [7, 11) is 0. The number of hydrogen-bond acceptors (Lipinski definition) is 5. The van der Waals surface area contributed by atoms with Crippen molar-refractivity contribution in [2.75, 3.05) is 12.4 Å². The first kappa shape index (κ1) is 13.1. The van der Waals surface area contributed by atoms with Crippen LogP contribution in [-0.2, 0) is 6.42 Å². The zero-order valence-corrected chi connectivity index (χ0v) is 10.6. The molecule has 0 saturated carbocycles. The second kappa shape index (κ2) is 6.53. The molecule has 2 rings (SSSR count). The molecule has 0 bridgehead atoms. The van der Waals surface area contributed by atoms with Crippen molar-refractivity contribution in [2.24, 2.45) is 0 Å². The van der Waals surface area contributed by atoms with Gasteiger partial charge in [0.15, 0.2) is 0 Å². The molecule has 0 spiro atoms. The van der Waals surface area contributed by atoms with E-state index in [1.807, 2.05) is 30.3 Å². The lowest BCUT2D eigenvalue weighted by atomic mass is 10.1. The van der Waals surface area contributed by atoms with Crippen LogP contribution in [0.3, 0.4) is 0 Å². The van der Waals surface area contributed by atoms with Crippen LogP contribution in [-0.4, -0.2) is 43.9 Å². The Hall–Kier alpha value is -1.37. The van der Waals surface area contributed by atoms with Gasteiger partial charge in [-0.3, -0.25) is 5.10 Å². The molecule has 96 valence electrons. The third-order valence-electron chi connectivity index (χ3n) is 2.34. The molecule has 1 atom stereocenters. The van der Waals surface area contributed by atoms with Gasteiger partial charge in [-0.2, -0.15) is 0 Å². The van der Waals surface area contributed by atoms with Gasteiger partial charge in [0.1, 0.15) is 5.82 Å². The molecular weight excluding hydrogens is 250 g/mol. The monoisotopic (exact) mass is 265 g/mol. The van der Waals surface area contributed by atoms with Crippen LogP contribution in [0.4, 0.5) is 0 Å². The van der Waals surface area contributed by atoms with Gasteiger partial charge in [-0.25, -0.2) is 4.98 Å². The Labute approximate surface area is 109 Å². The van der Waals surface area contributed by atoms with E-state index in [-0.39, 0.29) is 6.61 Å². The van der Waals surface area contributed by atoms with Gasteiger partial charge in [0.2, 0.25) is 5.16 Å². The van der Waals surface area contributed by atoms with Crippen LogP contribution in [0, 0.1) is 0 Å². The number of nitrogens with zero attached hydrogens (tertiary/aromatic N) is 2. The molecule has 0 aliphatic carbocycles. The summed E-state index contributed by atoms with van der Waals surface area (Å²) in [5.74, 6) is 1.18. The van der Waals surface area contributed by atoms with E-state index >= 15 is 0 Å². The minimum absolute atomic E-state index is 0.242. The summed E-state index contributed by atoms with van der Waals surface area (Å²) >= 11 is 1.32. The maximum absolute atomic E-state index is 9.22. The Balaban J connectivity index is 1.90. The van der Waals surface area contributed by atoms with E-state index in [4.69, 9.17) is 5.11 Å². The first-order valence-corrected chi connectivity index (χ1v) is 6.63. The Bertz CT molecular complexity index is 475. The van der Waals surface area contributed by atoms with Crippen LogP contribution in [0.25, 0.3) is 0 Å². The highest BCUT2D eigenvalue weighted by molar-refractivity contribution is 7.99. The van der Waals surface area contributed by atoms with Crippen LogP contribution < -0.4 is 0 Å². The number of thioether (sulfide) groups is 1. The summed E-state index contributed by atoms with van der Waals surface area (Å²) in [5, 5.41) is 25.4. The highest BCUT2D eigenvalue weighted by atomic mass is 32.2. The minimum atomic E-state index is -0.730. The Morgan fingerprint density at radius 3 is 2.78 bits per heavy atom. The Morgan fingerprint density at radius 2 is 2.06 bits per heavy atom. The molecular formula is C12H15N3O2S. The van der Waals surface area contributed by atoms with Gasteiger partial charge in [0.05, 0.1) is 12.7 Å². The summed E-state index contributed by atoms with van der Waals surface area (Å²) in [6.45, 7) is -0.242. The molecule has 0 saturated heterocycles. The van der Waals surface area contributed by atoms with Gasteiger partial charge in [-0.1, -0.05) is 42.1 Å². The second-order valence-electron chi connectivity index (χ2n) is 3.87. The van der Waals surface area contributed by atoms with Gasteiger partial charge >= 0.3 is 0 Å². The van der Waals surface area contributed by atoms with Gasteiger partial charge in [-0.05, 0) is 5.56 Å². The molecule has 3 N–H and O–H groups in total. The maximum atomic E-state index is 9.22. The lowest BCUT2D eigenvalue weighted by Gasteiger charge is -2.02.